The summed E-state index contributed by atoms with van der Waals surface area (Å²) in [4.78, 5) is 2.36. The summed E-state index contributed by atoms with van der Waals surface area (Å²) in [5.41, 5.74) is 10.2. The first-order valence-electron chi connectivity index (χ1n) is 18.8. The van der Waals surface area contributed by atoms with Gasteiger partial charge in [0.1, 0.15) is 0 Å². The standard InChI is InChI=1S/C53H37NS/c1-4-18-40(19-5-1)53(41-20-6-2-7-21-41,50-28-15-27-49-48-25-12-13-29-51(48)55-52(49)50)42-32-36-45(37-33-42)54(43-22-8-3-9-23-43)44-34-30-39(31-35-44)47-26-14-17-38-16-10-11-24-46(38)47/h1-37H. The lowest BCUT2D eigenvalue weighted by Gasteiger charge is -2.37. The van der Waals surface area contributed by atoms with Gasteiger partial charge in [-0.2, -0.15) is 0 Å². The number of fused-ring (bicyclic) bond motifs is 4. The van der Waals surface area contributed by atoms with Crippen molar-refractivity contribution in [1.82, 2.24) is 0 Å². The molecule has 1 nitrogen and oxygen atoms in total. The van der Waals surface area contributed by atoms with E-state index in [1.807, 2.05) is 11.3 Å². The minimum absolute atomic E-state index is 0.570. The molecule has 0 aliphatic rings. The summed E-state index contributed by atoms with van der Waals surface area (Å²) in [6.45, 7) is 0. The van der Waals surface area contributed by atoms with Crippen molar-refractivity contribution in [1.29, 1.82) is 0 Å². The Balaban J connectivity index is 1.15. The van der Waals surface area contributed by atoms with Gasteiger partial charge in [0, 0.05) is 37.2 Å². The van der Waals surface area contributed by atoms with Crippen LogP contribution in [-0.2, 0) is 5.41 Å². The lowest BCUT2D eigenvalue weighted by Crippen LogP contribution is -2.31. The topological polar surface area (TPSA) is 3.24 Å². The van der Waals surface area contributed by atoms with Crippen LogP contribution in [0.2, 0.25) is 0 Å². The Kier molecular flexibility index (Phi) is 8.32. The molecule has 1 aromatic heterocycles. The maximum absolute atomic E-state index is 2.36. The van der Waals surface area contributed by atoms with E-state index in [-0.39, 0.29) is 0 Å². The van der Waals surface area contributed by atoms with Gasteiger partial charge in [-0.25, -0.2) is 0 Å². The molecule has 1 heterocycles. The summed E-state index contributed by atoms with van der Waals surface area (Å²) in [7, 11) is 0. The molecule has 0 saturated heterocycles. The van der Waals surface area contributed by atoms with E-state index in [0.717, 1.165) is 17.1 Å². The molecule has 260 valence electrons. The molecule has 0 spiro atoms. The molecule has 0 bridgehead atoms. The average Bonchev–Trinajstić information content (AvgIpc) is 3.65. The zero-order chi connectivity index (χ0) is 36.6. The lowest BCUT2D eigenvalue weighted by molar-refractivity contribution is 0.753. The van der Waals surface area contributed by atoms with Gasteiger partial charge in [-0.15, -0.1) is 11.3 Å². The molecule has 0 fully saturated rings. The van der Waals surface area contributed by atoms with Gasteiger partial charge < -0.3 is 4.90 Å². The van der Waals surface area contributed by atoms with E-state index in [2.05, 4.69) is 229 Å². The fraction of sp³-hybridized carbons (Fsp3) is 0.0189. The van der Waals surface area contributed by atoms with Crippen molar-refractivity contribution < 1.29 is 0 Å². The highest BCUT2D eigenvalue weighted by Gasteiger charge is 2.40. The van der Waals surface area contributed by atoms with Crippen molar-refractivity contribution in [3.63, 3.8) is 0 Å². The Bertz CT molecular complexity index is 2850. The highest BCUT2D eigenvalue weighted by molar-refractivity contribution is 7.26. The summed E-state index contributed by atoms with van der Waals surface area (Å²) < 4.78 is 2.62. The van der Waals surface area contributed by atoms with Crippen LogP contribution in [0.15, 0.2) is 224 Å². The molecule has 10 aromatic rings. The zero-order valence-corrected chi connectivity index (χ0v) is 31.0. The summed E-state index contributed by atoms with van der Waals surface area (Å²) in [6.07, 6.45) is 0. The first-order valence-corrected chi connectivity index (χ1v) is 19.7. The number of benzene rings is 9. The third-order valence-corrected chi connectivity index (χ3v) is 12.2. The van der Waals surface area contributed by atoms with Crippen molar-refractivity contribution in [2.75, 3.05) is 4.90 Å². The van der Waals surface area contributed by atoms with Crippen LogP contribution in [0, 0.1) is 0 Å². The molecule has 10 rings (SSSR count). The van der Waals surface area contributed by atoms with Crippen molar-refractivity contribution in [3.05, 3.63) is 247 Å². The number of thiophene rings is 1. The monoisotopic (exact) mass is 719 g/mol. The van der Waals surface area contributed by atoms with E-state index in [1.165, 1.54) is 64.3 Å². The second-order valence-electron chi connectivity index (χ2n) is 14.1. The van der Waals surface area contributed by atoms with Crippen LogP contribution in [0.25, 0.3) is 42.1 Å². The van der Waals surface area contributed by atoms with E-state index in [1.54, 1.807) is 0 Å². The maximum atomic E-state index is 2.36. The fourth-order valence-electron chi connectivity index (χ4n) is 8.54. The molecular weight excluding hydrogens is 683 g/mol. The highest BCUT2D eigenvalue weighted by atomic mass is 32.1. The van der Waals surface area contributed by atoms with Gasteiger partial charge in [-0.1, -0.05) is 182 Å². The minimum Gasteiger partial charge on any atom is -0.311 e. The van der Waals surface area contributed by atoms with Gasteiger partial charge in [0.15, 0.2) is 0 Å². The normalized spacial score (nSPS) is 11.6. The molecule has 0 radical (unpaired) electrons. The molecule has 0 N–H and O–H groups in total. The fourth-order valence-corrected chi connectivity index (χ4v) is 9.81. The molecule has 0 unspecified atom stereocenters. The number of nitrogens with zero attached hydrogens (tertiary/aromatic N) is 1. The summed E-state index contributed by atoms with van der Waals surface area (Å²) in [5.74, 6) is 0. The van der Waals surface area contributed by atoms with Crippen LogP contribution >= 0.6 is 11.3 Å². The number of anilines is 3. The summed E-state index contributed by atoms with van der Waals surface area (Å²) >= 11 is 1.89. The average molecular weight is 720 g/mol. The lowest BCUT2D eigenvalue weighted by atomic mass is 9.65. The Hall–Kier alpha value is -6.74. The van der Waals surface area contributed by atoms with Gasteiger partial charge in [-0.05, 0) is 86.6 Å². The van der Waals surface area contributed by atoms with Crippen LogP contribution in [-0.4, -0.2) is 0 Å². The number of para-hydroxylation sites is 1. The minimum atomic E-state index is -0.570. The van der Waals surface area contributed by atoms with Gasteiger partial charge in [0.2, 0.25) is 0 Å². The highest BCUT2D eigenvalue weighted by Crippen LogP contribution is 2.50. The SMILES string of the molecule is c1ccc(N(c2ccc(-c3cccc4ccccc34)cc2)c2ccc(C(c3ccccc3)(c3ccccc3)c3cccc4c3sc3ccccc34)cc2)cc1. The maximum Gasteiger partial charge on any atom is 0.0715 e. The molecule has 0 aliphatic heterocycles. The first kappa shape index (κ1) is 32.9. The summed E-state index contributed by atoms with van der Waals surface area (Å²) in [6, 6.07) is 81.9. The predicted molar refractivity (Wildman–Crippen MR) is 235 cm³/mol. The van der Waals surface area contributed by atoms with Gasteiger partial charge in [-0.3, -0.25) is 0 Å². The van der Waals surface area contributed by atoms with Crippen LogP contribution in [0.1, 0.15) is 22.3 Å². The van der Waals surface area contributed by atoms with E-state index in [9.17, 15) is 0 Å². The first-order chi connectivity index (χ1) is 27.3. The van der Waals surface area contributed by atoms with Gasteiger partial charge in [0.25, 0.3) is 0 Å². The van der Waals surface area contributed by atoms with E-state index in [4.69, 9.17) is 0 Å². The number of hydrogen-bond acceptors (Lipinski definition) is 2. The van der Waals surface area contributed by atoms with Crippen molar-refractivity contribution in [2.24, 2.45) is 0 Å². The second kappa shape index (κ2) is 13.9. The molecule has 9 aromatic carbocycles. The van der Waals surface area contributed by atoms with E-state index < -0.39 is 5.41 Å². The van der Waals surface area contributed by atoms with Gasteiger partial charge in [0.05, 0.1) is 5.41 Å². The smallest absolute Gasteiger partial charge is 0.0715 e. The largest absolute Gasteiger partial charge is 0.311 e. The molecule has 0 aliphatic carbocycles. The molecule has 2 heteroatoms. The third-order valence-electron chi connectivity index (χ3n) is 11.0. The summed E-state index contributed by atoms with van der Waals surface area (Å²) in [5, 5.41) is 5.12. The molecule has 0 amide bonds. The molecule has 55 heavy (non-hydrogen) atoms. The molecule has 0 atom stereocenters. The van der Waals surface area contributed by atoms with E-state index in [0.29, 0.717) is 0 Å². The van der Waals surface area contributed by atoms with Crippen LogP contribution < -0.4 is 4.90 Å². The molecular formula is C53H37NS. The quantitative estimate of drug-likeness (QED) is 0.141. The third kappa shape index (κ3) is 5.62. The Morgan fingerprint density at radius 2 is 0.836 bits per heavy atom. The van der Waals surface area contributed by atoms with Crippen molar-refractivity contribution in [3.8, 4) is 11.1 Å². The predicted octanol–water partition coefficient (Wildman–Crippen LogP) is 14.7. The second-order valence-corrected chi connectivity index (χ2v) is 15.1. The van der Waals surface area contributed by atoms with Gasteiger partial charge >= 0.3 is 0 Å². The Morgan fingerprint density at radius 3 is 1.53 bits per heavy atom. The zero-order valence-electron chi connectivity index (χ0n) is 30.2. The Labute approximate surface area is 326 Å². The number of hydrogen-bond donors (Lipinski definition) is 0. The molecule has 0 saturated carbocycles. The van der Waals surface area contributed by atoms with Crippen LogP contribution in [0.3, 0.4) is 0 Å². The van der Waals surface area contributed by atoms with Crippen molar-refractivity contribution >= 4 is 59.3 Å². The van der Waals surface area contributed by atoms with Crippen LogP contribution in [0.5, 0.6) is 0 Å². The Morgan fingerprint density at radius 1 is 0.345 bits per heavy atom. The van der Waals surface area contributed by atoms with E-state index >= 15 is 0 Å². The van der Waals surface area contributed by atoms with Crippen molar-refractivity contribution in [2.45, 2.75) is 5.41 Å². The number of rotatable bonds is 8. The van der Waals surface area contributed by atoms with Crippen LogP contribution in [0.4, 0.5) is 17.1 Å².